The van der Waals surface area contributed by atoms with Crippen molar-refractivity contribution in [1.29, 1.82) is 0 Å². The fraction of sp³-hybridized carbons (Fsp3) is 0.474. The van der Waals surface area contributed by atoms with Crippen LogP contribution in [-0.2, 0) is 11.3 Å². The molecule has 1 atom stereocenters. The number of nitrogens with one attached hydrogen (secondary N) is 2. The van der Waals surface area contributed by atoms with E-state index in [1.165, 1.54) is 6.07 Å². The average Bonchev–Trinajstić information content (AvgIpc) is 3.24. The second kappa shape index (κ2) is 7.86. The molecule has 140 valence electrons. The summed E-state index contributed by atoms with van der Waals surface area (Å²) in [7, 11) is 1.72. The van der Waals surface area contributed by atoms with Gasteiger partial charge in [0.15, 0.2) is 5.96 Å². The number of aromatic nitrogens is 2. The molecule has 0 radical (unpaired) electrons. The molecule has 1 aromatic carbocycles. The fourth-order valence-corrected chi connectivity index (χ4v) is 3.14. The minimum Gasteiger partial charge on any atom is -0.373 e. The first-order chi connectivity index (χ1) is 12.5. The minimum atomic E-state index is -0.278. The fourth-order valence-electron chi connectivity index (χ4n) is 3.14. The molecular weight excluding hydrogens is 333 g/mol. The van der Waals surface area contributed by atoms with E-state index in [0.717, 1.165) is 30.8 Å². The molecule has 1 unspecified atom stereocenters. The highest BCUT2D eigenvalue weighted by molar-refractivity contribution is 5.79. The number of halogens is 1. The zero-order valence-electron chi connectivity index (χ0n) is 15.6. The molecular formula is C19H26FN5O. The van der Waals surface area contributed by atoms with Crippen LogP contribution in [0.1, 0.15) is 31.2 Å². The lowest BCUT2D eigenvalue weighted by Gasteiger charge is -2.24. The monoisotopic (exact) mass is 359 g/mol. The van der Waals surface area contributed by atoms with Crippen LogP contribution in [0.15, 0.2) is 35.6 Å². The largest absolute Gasteiger partial charge is 0.373 e. The van der Waals surface area contributed by atoms with E-state index in [4.69, 9.17) is 4.74 Å². The zero-order chi connectivity index (χ0) is 18.6. The third kappa shape index (κ3) is 4.22. The molecule has 1 fully saturated rings. The van der Waals surface area contributed by atoms with Crippen molar-refractivity contribution in [3.05, 3.63) is 47.8 Å². The summed E-state index contributed by atoms with van der Waals surface area (Å²) in [5.74, 6) is 1.15. The van der Waals surface area contributed by atoms with Gasteiger partial charge >= 0.3 is 0 Å². The van der Waals surface area contributed by atoms with Crippen molar-refractivity contribution in [3.63, 3.8) is 0 Å². The van der Waals surface area contributed by atoms with E-state index in [1.54, 1.807) is 30.1 Å². The topological polar surface area (TPSA) is 63.5 Å². The van der Waals surface area contributed by atoms with Crippen LogP contribution in [0.5, 0.6) is 0 Å². The van der Waals surface area contributed by atoms with Gasteiger partial charge in [0.2, 0.25) is 0 Å². The molecule has 1 aliphatic heterocycles. The van der Waals surface area contributed by atoms with Gasteiger partial charge in [0.1, 0.15) is 11.6 Å². The minimum absolute atomic E-state index is 0.145. The predicted molar refractivity (Wildman–Crippen MR) is 100 cm³/mol. The number of guanidine groups is 1. The number of aliphatic imine (C=N–C) groups is 1. The maximum absolute atomic E-state index is 14.5. The van der Waals surface area contributed by atoms with Gasteiger partial charge in [-0.25, -0.2) is 9.37 Å². The average molecular weight is 359 g/mol. The van der Waals surface area contributed by atoms with Gasteiger partial charge < -0.3 is 19.9 Å². The van der Waals surface area contributed by atoms with Crippen molar-refractivity contribution in [3.8, 4) is 5.69 Å². The number of rotatable bonds is 5. The van der Waals surface area contributed by atoms with Gasteiger partial charge in [-0.1, -0.05) is 6.07 Å². The SMILES string of the molecule is CN=C(NCc1ccc(-n2ccnc2C)c(F)c1)NCC1(C)CCCO1. The molecule has 6 nitrogen and oxygen atoms in total. The van der Waals surface area contributed by atoms with Crippen molar-refractivity contribution in [1.82, 2.24) is 20.2 Å². The number of benzene rings is 1. The normalized spacial score (nSPS) is 20.4. The number of hydrogen-bond donors (Lipinski definition) is 2. The van der Waals surface area contributed by atoms with Crippen LogP contribution in [0.3, 0.4) is 0 Å². The molecule has 3 rings (SSSR count). The van der Waals surface area contributed by atoms with E-state index < -0.39 is 0 Å². The van der Waals surface area contributed by atoms with E-state index in [1.807, 2.05) is 13.0 Å². The first-order valence-electron chi connectivity index (χ1n) is 8.88. The van der Waals surface area contributed by atoms with Crippen LogP contribution < -0.4 is 10.6 Å². The van der Waals surface area contributed by atoms with Gasteiger partial charge in [-0.2, -0.15) is 0 Å². The zero-order valence-corrected chi connectivity index (χ0v) is 15.6. The van der Waals surface area contributed by atoms with Gasteiger partial charge in [0.05, 0.1) is 11.3 Å². The Bertz CT molecular complexity index is 780. The molecule has 1 aliphatic rings. The van der Waals surface area contributed by atoms with Crippen molar-refractivity contribution in [2.75, 3.05) is 20.2 Å². The number of hydrogen-bond acceptors (Lipinski definition) is 3. The van der Waals surface area contributed by atoms with Crippen LogP contribution in [-0.4, -0.2) is 41.3 Å². The van der Waals surface area contributed by atoms with Gasteiger partial charge in [0, 0.05) is 39.1 Å². The molecule has 7 heteroatoms. The highest BCUT2D eigenvalue weighted by Gasteiger charge is 2.29. The lowest BCUT2D eigenvalue weighted by molar-refractivity contribution is 0.0243. The first kappa shape index (κ1) is 18.4. The Morgan fingerprint density at radius 2 is 2.27 bits per heavy atom. The van der Waals surface area contributed by atoms with Crippen LogP contribution in [0.4, 0.5) is 4.39 Å². The van der Waals surface area contributed by atoms with Crippen LogP contribution >= 0.6 is 0 Å². The van der Waals surface area contributed by atoms with Crippen molar-refractivity contribution >= 4 is 5.96 Å². The number of aryl methyl sites for hydroxylation is 1. The standard InChI is InChI=1S/C19H26FN5O/c1-14-22-8-9-25(14)17-6-5-15(11-16(17)20)12-23-18(21-3)24-13-19(2)7-4-10-26-19/h5-6,8-9,11H,4,7,10,12-13H2,1-3H3,(H2,21,23,24). The third-order valence-corrected chi connectivity index (χ3v) is 4.71. The van der Waals surface area contributed by atoms with Gasteiger partial charge in [-0.15, -0.1) is 0 Å². The molecule has 0 amide bonds. The number of ether oxygens (including phenoxy) is 1. The lowest BCUT2D eigenvalue weighted by Crippen LogP contribution is -2.45. The van der Waals surface area contributed by atoms with Gasteiger partial charge in [0.25, 0.3) is 0 Å². The summed E-state index contributed by atoms with van der Waals surface area (Å²) in [5.41, 5.74) is 1.20. The first-order valence-corrected chi connectivity index (χ1v) is 8.88. The van der Waals surface area contributed by atoms with E-state index in [2.05, 4.69) is 27.5 Å². The maximum Gasteiger partial charge on any atom is 0.191 e. The van der Waals surface area contributed by atoms with E-state index >= 15 is 0 Å². The number of nitrogens with zero attached hydrogens (tertiary/aromatic N) is 3. The summed E-state index contributed by atoms with van der Waals surface area (Å²) in [5, 5.41) is 6.50. The molecule has 2 N–H and O–H groups in total. The lowest BCUT2D eigenvalue weighted by atomic mass is 10.0. The van der Waals surface area contributed by atoms with Gasteiger partial charge in [-0.3, -0.25) is 4.99 Å². The van der Waals surface area contributed by atoms with Crippen LogP contribution in [0.25, 0.3) is 5.69 Å². The van der Waals surface area contributed by atoms with E-state index in [-0.39, 0.29) is 11.4 Å². The second-order valence-electron chi connectivity index (χ2n) is 6.81. The summed E-state index contributed by atoms with van der Waals surface area (Å²) in [6, 6.07) is 5.21. The Kier molecular flexibility index (Phi) is 5.56. The molecule has 26 heavy (non-hydrogen) atoms. The number of imidazole rings is 1. The Morgan fingerprint density at radius 1 is 1.42 bits per heavy atom. The smallest absolute Gasteiger partial charge is 0.191 e. The molecule has 1 saturated heterocycles. The molecule has 0 aliphatic carbocycles. The van der Waals surface area contributed by atoms with E-state index in [0.29, 0.717) is 24.7 Å². The second-order valence-corrected chi connectivity index (χ2v) is 6.81. The Labute approximate surface area is 153 Å². The Balaban J connectivity index is 1.58. The van der Waals surface area contributed by atoms with Crippen molar-refractivity contribution in [2.45, 2.75) is 38.8 Å². The Morgan fingerprint density at radius 3 is 2.88 bits per heavy atom. The van der Waals surface area contributed by atoms with Crippen molar-refractivity contribution in [2.24, 2.45) is 4.99 Å². The molecule has 0 saturated carbocycles. The highest BCUT2D eigenvalue weighted by atomic mass is 19.1. The summed E-state index contributed by atoms with van der Waals surface area (Å²) >= 11 is 0. The molecule has 2 heterocycles. The summed E-state index contributed by atoms with van der Waals surface area (Å²) in [6.45, 7) is 5.94. The Hall–Kier alpha value is -2.41. The molecule has 1 aromatic heterocycles. The molecule has 2 aromatic rings. The van der Waals surface area contributed by atoms with E-state index in [9.17, 15) is 4.39 Å². The third-order valence-electron chi connectivity index (χ3n) is 4.71. The summed E-state index contributed by atoms with van der Waals surface area (Å²) in [4.78, 5) is 8.36. The summed E-state index contributed by atoms with van der Waals surface area (Å²) < 4.78 is 22.0. The van der Waals surface area contributed by atoms with Crippen LogP contribution in [0.2, 0.25) is 0 Å². The molecule has 0 bridgehead atoms. The highest BCUT2D eigenvalue weighted by Crippen LogP contribution is 2.23. The molecule has 0 spiro atoms. The quantitative estimate of drug-likeness (QED) is 0.636. The van der Waals surface area contributed by atoms with Gasteiger partial charge in [-0.05, 0) is 44.4 Å². The van der Waals surface area contributed by atoms with Crippen LogP contribution in [0, 0.1) is 12.7 Å². The van der Waals surface area contributed by atoms with Crippen molar-refractivity contribution < 1.29 is 9.13 Å². The summed E-state index contributed by atoms with van der Waals surface area (Å²) in [6.07, 6.45) is 5.54. The maximum atomic E-state index is 14.5. The predicted octanol–water partition coefficient (Wildman–Crippen LogP) is 2.55.